The minimum atomic E-state index is -0.375. The molecule has 3 N–H and O–H groups in total. The van der Waals surface area contributed by atoms with Gasteiger partial charge in [0.15, 0.2) is 0 Å². The maximum atomic E-state index is 13.0. The number of benzene rings is 1. The van der Waals surface area contributed by atoms with Crippen LogP contribution in [0.3, 0.4) is 0 Å². The Morgan fingerprint density at radius 3 is 2.36 bits per heavy atom. The molecule has 0 radical (unpaired) electrons. The summed E-state index contributed by atoms with van der Waals surface area (Å²) in [7, 11) is 0. The third kappa shape index (κ3) is 4.56. The van der Waals surface area contributed by atoms with Gasteiger partial charge in [-0.05, 0) is 64.5 Å². The molecular weight excluding hydrogens is 348 g/mol. The number of piperidine rings is 1. The Bertz CT molecular complexity index is 796. The van der Waals surface area contributed by atoms with Crippen molar-refractivity contribution in [1.29, 1.82) is 5.26 Å². The van der Waals surface area contributed by atoms with E-state index in [-0.39, 0.29) is 34.5 Å². The van der Waals surface area contributed by atoms with Crippen molar-refractivity contribution in [3.63, 3.8) is 0 Å². The number of nitrogens with one attached hydrogen (secondary N) is 1. The summed E-state index contributed by atoms with van der Waals surface area (Å²) in [4.78, 5) is 15.1. The Morgan fingerprint density at radius 2 is 1.86 bits per heavy atom. The third-order valence-electron chi connectivity index (χ3n) is 5.62. The number of amides is 1. The molecule has 28 heavy (non-hydrogen) atoms. The van der Waals surface area contributed by atoms with E-state index in [1.54, 1.807) is 6.20 Å². The van der Waals surface area contributed by atoms with Gasteiger partial charge in [-0.1, -0.05) is 32.0 Å². The average Bonchev–Trinajstić information content (AvgIpc) is 2.54. The number of hydrogen-bond donors (Lipinski definition) is 2. The van der Waals surface area contributed by atoms with Crippen molar-refractivity contribution in [1.82, 2.24) is 4.90 Å². The second-order valence-electron chi connectivity index (χ2n) is 9.47. The molecular formula is C23H34N4O. The molecule has 0 saturated carbocycles. The number of carbonyl (C=O) groups is 1. The molecule has 1 saturated heterocycles. The van der Waals surface area contributed by atoms with Crippen LogP contribution in [0.5, 0.6) is 0 Å². The zero-order valence-corrected chi connectivity index (χ0v) is 18.3. The van der Waals surface area contributed by atoms with Gasteiger partial charge in [0, 0.05) is 29.0 Å². The number of rotatable bonds is 4. The highest BCUT2D eigenvalue weighted by Gasteiger charge is 2.43. The molecule has 0 aliphatic carbocycles. The summed E-state index contributed by atoms with van der Waals surface area (Å²) in [6.45, 7) is 14.6. The van der Waals surface area contributed by atoms with E-state index < -0.39 is 0 Å². The SMILES string of the molecule is Cc1cccc(C(C)C)c1NC(=O)/C(C#N)=C\N1C(C)(C)CC(N)CC1(C)C. The number of nitriles is 1. The normalized spacial score (nSPS) is 19.4. The van der Waals surface area contributed by atoms with Crippen molar-refractivity contribution in [2.75, 3.05) is 5.32 Å². The minimum Gasteiger partial charge on any atom is -0.366 e. The van der Waals surface area contributed by atoms with Gasteiger partial charge in [0.25, 0.3) is 5.91 Å². The van der Waals surface area contributed by atoms with E-state index in [9.17, 15) is 10.1 Å². The van der Waals surface area contributed by atoms with E-state index in [1.165, 1.54) is 0 Å². The fourth-order valence-corrected chi connectivity index (χ4v) is 4.51. The molecule has 2 rings (SSSR count). The number of likely N-dealkylation sites (tertiary alicyclic amines) is 1. The predicted octanol–water partition coefficient (Wildman–Crippen LogP) is 4.44. The summed E-state index contributed by atoms with van der Waals surface area (Å²) in [6, 6.07) is 8.18. The van der Waals surface area contributed by atoms with Crippen LogP contribution in [0.4, 0.5) is 5.69 Å². The highest BCUT2D eigenvalue weighted by atomic mass is 16.1. The first kappa shape index (κ1) is 22.0. The molecule has 5 heteroatoms. The summed E-state index contributed by atoms with van der Waals surface area (Å²) >= 11 is 0. The van der Waals surface area contributed by atoms with Crippen molar-refractivity contribution in [2.24, 2.45) is 5.73 Å². The van der Waals surface area contributed by atoms with Crippen LogP contribution in [0, 0.1) is 18.3 Å². The maximum absolute atomic E-state index is 13.0. The first-order valence-electron chi connectivity index (χ1n) is 9.97. The van der Waals surface area contributed by atoms with Crippen LogP contribution in [-0.4, -0.2) is 27.9 Å². The molecule has 0 aromatic heterocycles. The molecule has 1 heterocycles. The second-order valence-corrected chi connectivity index (χ2v) is 9.47. The number of anilines is 1. The van der Waals surface area contributed by atoms with Crippen molar-refractivity contribution in [2.45, 2.75) is 84.3 Å². The van der Waals surface area contributed by atoms with Gasteiger partial charge in [0.1, 0.15) is 11.6 Å². The van der Waals surface area contributed by atoms with Crippen LogP contribution in [-0.2, 0) is 4.79 Å². The predicted molar refractivity (Wildman–Crippen MR) is 115 cm³/mol. The Morgan fingerprint density at radius 1 is 1.29 bits per heavy atom. The second kappa shape index (κ2) is 7.97. The Kier molecular flexibility index (Phi) is 6.25. The molecule has 0 atom stereocenters. The highest BCUT2D eigenvalue weighted by Crippen LogP contribution is 2.38. The van der Waals surface area contributed by atoms with E-state index in [1.807, 2.05) is 25.1 Å². The van der Waals surface area contributed by atoms with Crippen molar-refractivity contribution < 1.29 is 4.79 Å². The number of nitrogens with two attached hydrogens (primary N) is 1. The Hall–Kier alpha value is -2.32. The molecule has 1 fully saturated rings. The number of carbonyl (C=O) groups excluding carboxylic acids is 1. The molecule has 152 valence electrons. The summed E-state index contributed by atoms with van der Waals surface area (Å²) in [5.41, 5.74) is 8.71. The molecule has 0 unspecified atom stereocenters. The number of nitrogens with zero attached hydrogens (tertiary/aromatic N) is 2. The summed E-state index contributed by atoms with van der Waals surface area (Å²) < 4.78 is 0. The topological polar surface area (TPSA) is 82.2 Å². The van der Waals surface area contributed by atoms with E-state index in [4.69, 9.17) is 5.73 Å². The molecule has 1 aromatic carbocycles. The number of hydrogen-bond acceptors (Lipinski definition) is 4. The van der Waals surface area contributed by atoms with Crippen molar-refractivity contribution in [3.05, 3.63) is 41.1 Å². The van der Waals surface area contributed by atoms with Gasteiger partial charge >= 0.3 is 0 Å². The average molecular weight is 383 g/mol. The van der Waals surface area contributed by atoms with E-state index in [0.717, 1.165) is 29.7 Å². The molecule has 0 bridgehead atoms. The van der Waals surface area contributed by atoms with Gasteiger partial charge in [-0.2, -0.15) is 5.26 Å². The number of para-hydroxylation sites is 1. The Labute approximate surface area is 169 Å². The van der Waals surface area contributed by atoms with E-state index >= 15 is 0 Å². The van der Waals surface area contributed by atoms with Crippen LogP contribution in [0.1, 0.15) is 71.4 Å². The lowest BCUT2D eigenvalue weighted by Gasteiger charge is -2.54. The van der Waals surface area contributed by atoms with Crippen LogP contribution in [0.15, 0.2) is 30.0 Å². The molecule has 5 nitrogen and oxygen atoms in total. The lowest BCUT2D eigenvalue weighted by atomic mass is 9.77. The third-order valence-corrected chi connectivity index (χ3v) is 5.62. The van der Waals surface area contributed by atoms with Gasteiger partial charge in [0.05, 0.1) is 0 Å². The van der Waals surface area contributed by atoms with Gasteiger partial charge in [0.2, 0.25) is 0 Å². The van der Waals surface area contributed by atoms with Crippen LogP contribution in [0.2, 0.25) is 0 Å². The minimum absolute atomic E-state index is 0.106. The smallest absolute Gasteiger partial charge is 0.267 e. The Balaban J connectivity index is 2.38. The highest BCUT2D eigenvalue weighted by molar-refractivity contribution is 6.07. The summed E-state index contributed by atoms with van der Waals surface area (Å²) in [5.74, 6) is -0.105. The lowest BCUT2D eigenvalue weighted by Crippen LogP contribution is -2.61. The van der Waals surface area contributed by atoms with Gasteiger partial charge in [-0.25, -0.2) is 0 Å². The van der Waals surface area contributed by atoms with Crippen molar-refractivity contribution >= 4 is 11.6 Å². The largest absolute Gasteiger partial charge is 0.366 e. The zero-order chi connectivity index (χ0) is 21.3. The molecule has 1 aliphatic rings. The van der Waals surface area contributed by atoms with Gasteiger partial charge in [-0.3, -0.25) is 4.79 Å². The molecule has 1 aliphatic heterocycles. The quantitative estimate of drug-likeness (QED) is 0.595. The standard InChI is InChI=1S/C23H34N4O/c1-15(2)19-10-8-9-16(3)20(19)26-21(28)17(13-24)14-27-22(4,5)11-18(25)12-23(27,6)7/h8-10,14-15,18H,11-12,25H2,1-7H3,(H,26,28)/b17-14-. The van der Waals surface area contributed by atoms with Crippen LogP contribution >= 0.6 is 0 Å². The fourth-order valence-electron chi connectivity index (χ4n) is 4.51. The monoisotopic (exact) mass is 382 g/mol. The van der Waals surface area contributed by atoms with Gasteiger partial charge in [-0.15, -0.1) is 0 Å². The summed E-state index contributed by atoms with van der Waals surface area (Å²) in [5, 5.41) is 12.7. The lowest BCUT2D eigenvalue weighted by molar-refractivity contribution is -0.112. The first-order valence-corrected chi connectivity index (χ1v) is 9.97. The number of aryl methyl sites for hydroxylation is 1. The fraction of sp³-hybridized carbons (Fsp3) is 0.565. The van der Waals surface area contributed by atoms with Gasteiger partial charge < -0.3 is 16.0 Å². The maximum Gasteiger partial charge on any atom is 0.267 e. The molecule has 1 aromatic rings. The van der Waals surface area contributed by atoms with Crippen LogP contribution in [0.25, 0.3) is 0 Å². The molecule has 1 amide bonds. The zero-order valence-electron chi connectivity index (χ0n) is 18.3. The molecule has 0 spiro atoms. The van der Waals surface area contributed by atoms with E-state index in [0.29, 0.717) is 0 Å². The van der Waals surface area contributed by atoms with E-state index in [2.05, 4.69) is 57.8 Å². The van der Waals surface area contributed by atoms with Crippen molar-refractivity contribution in [3.8, 4) is 6.07 Å². The first-order chi connectivity index (χ1) is 12.9. The van der Waals surface area contributed by atoms with Crippen LogP contribution < -0.4 is 11.1 Å². The summed E-state index contributed by atoms with van der Waals surface area (Å²) in [6.07, 6.45) is 3.33.